The van der Waals surface area contributed by atoms with Crippen LogP contribution in [0.4, 0.5) is 0 Å². The molecule has 0 radical (unpaired) electrons. The predicted octanol–water partition coefficient (Wildman–Crippen LogP) is 0.774. The summed E-state index contributed by atoms with van der Waals surface area (Å²) < 4.78 is 16.6. The van der Waals surface area contributed by atoms with E-state index in [0.29, 0.717) is 6.10 Å². The lowest BCUT2D eigenvalue weighted by Crippen LogP contribution is -2.39. The molecule has 1 aliphatic carbocycles. The number of hydrogen-bond acceptors (Lipinski definition) is 4. The lowest BCUT2D eigenvalue weighted by atomic mass is 10.3. The third kappa shape index (κ3) is 7.64. The Morgan fingerprint density at radius 2 is 2.05 bits per heavy atom. The summed E-state index contributed by atoms with van der Waals surface area (Å²) in [6, 6.07) is 0. The summed E-state index contributed by atoms with van der Waals surface area (Å²) in [6.45, 7) is 5.65. The van der Waals surface area contributed by atoms with E-state index in [9.17, 15) is 0 Å². The zero-order valence-electron chi connectivity index (χ0n) is 13.1. The number of nitrogens with one attached hydrogen (secondary N) is 2. The van der Waals surface area contributed by atoms with Gasteiger partial charge in [0.15, 0.2) is 5.96 Å². The number of nitrogens with zero attached hydrogens (tertiary/aromatic N) is 1. The van der Waals surface area contributed by atoms with Crippen LogP contribution in [0.5, 0.6) is 0 Å². The Balaban J connectivity index is 1.39. The molecule has 2 rings (SSSR count). The van der Waals surface area contributed by atoms with Crippen molar-refractivity contribution in [2.45, 2.75) is 31.8 Å². The summed E-state index contributed by atoms with van der Waals surface area (Å²) in [5, 5.41) is 6.53. The third-order valence-corrected chi connectivity index (χ3v) is 3.67. The molecule has 0 amide bonds. The smallest absolute Gasteiger partial charge is 0.191 e. The molecule has 122 valence electrons. The zero-order valence-corrected chi connectivity index (χ0v) is 13.1. The molecule has 0 bridgehead atoms. The second-order valence-corrected chi connectivity index (χ2v) is 5.65. The highest BCUT2D eigenvalue weighted by atomic mass is 16.5. The minimum atomic E-state index is 0.297. The van der Waals surface area contributed by atoms with Crippen molar-refractivity contribution in [2.24, 2.45) is 10.9 Å². The van der Waals surface area contributed by atoms with Crippen LogP contribution in [-0.2, 0) is 14.2 Å². The average Bonchev–Trinajstić information content (AvgIpc) is 3.18. The topological polar surface area (TPSA) is 64.1 Å². The molecule has 0 aromatic carbocycles. The molecule has 6 nitrogen and oxygen atoms in total. The molecule has 2 N–H and O–H groups in total. The van der Waals surface area contributed by atoms with Gasteiger partial charge in [0.1, 0.15) is 0 Å². The van der Waals surface area contributed by atoms with Crippen molar-refractivity contribution >= 4 is 5.96 Å². The van der Waals surface area contributed by atoms with Gasteiger partial charge in [0, 0.05) is 40.0 Å². The third-order valence-electron chi connectivity index (χ3n) is 3.67. The van der Waals surface area contributed by atoms with Gasteiger partial charge in [-0.25, -0.2) is 0 Å². The number of ether oxygens (including phenoxy) is 3. The number of guanidine groups is 1. The minimum Gasteiger partial charge on any atom is -0.379 e. The Kier molecular flexibility index (Phi) is 7.85. The molecular formula is C15H29N3O3. The zero-order chi connectivity index (χ0) is 14.8. The lowest BCUT2D eigenvalue weighted by Gasteiger charge is -2.13. The summed E-state index contributed by atoms with van der Waals surface area (Å²) >= 11 is 0. The summed E-state index contributed by atoms with van der Waals surface area (Å²) in [5.74, 6) is 1.65. The van der Waals surface area contributed by atoms with Gasteiger partial charge in [0.25, 0.3) is 0 Å². The maximum absolute atomic E-state index is 5.71. The SMILES string of the molecule is CN=C(NCCCOC1CCOC1)NCCOCC1CC1. The van der Waals surface area contributed by atoms with E-state index in [1.165, 1.54) is 12.8 Å². The van der Waals surface area contributed by atoms with Crippen LogP contribution in [0.1, 0.15) is 25.7 Å². The molecule has 0 aromatic heterocycles. The first-order valence-electron chi connectivity index (χ1n) is 8.10. The highest BCUT2D eigenvalue weighted by molar-refractivity contribution is 5.79. The minimum absolute atomic E-state index is 0.297. The van der Waals surface area contributed by atoms with Crippen LogP contribution >= 0.6 is 0 Å². The highest BCUT2D eigenvalue weighted by Gasteiger charge is 2.20. The molecule has 2 aliphatic rings. The Bertz CT molecular complexity index is 303. The van der Waals surface area contributed by atoms with Crippen molar-refractivity contribution in [3.05, 3.63) is 0 Å². The summed E-state index contributed by atoms with van der Waals surface area (Å²) in [4.78, 5) is 4.19. The molecule has 1 atom stereocenters. The van der Waals surface area contributed by atoms with Gasteiger partial charge in [-0.15, -0.1) is 0 Å². The summed E-state index contributed by atoms with van der Waals surface area (Å²) in [6.07, 6.45) is 4.97. The fourth-order valence-electron chi connectivity index (χ4n) is 2.17. The molecule has 21 heavy (non-hydrogen) atoms. The monoisotopic (exact) mass is 299 g/mol. The molecule has 1 saturated carbocycles. The quantitative estimate of drug-likeness (QED) is 0.354. The Morgan fingerprint density at radius 1 is 1.19 bits per heavy atom. The van der Waals surface area contributed by atoms with Gasteiger partial charge in [-0.3, -0.25) is 4.99 Å². The van der Waals surface area contributed by atoms with Gasteiger partial charge in [0.05, 0.1) is 19.3 Å². The van der Waals surface area contributed by atoms with E-state index in [4.69, 9.17) is 14.2 Å². The summed E-state index contributed by atoms with van der Waals surface area (Å²) in [7, 11) is 1.78. The van der Waals surface area contributed by atoms with Crippen LogP contribution in [0.3, 0.4) is 0 Å². The highest BCUT2D eigenvalue weighted by Crippen LogP contribution is 2.28. The van der Waals surface area contributed by atoms with Crippen LogP contribution < -0.4 is 10.6 Å². The average molecular weight is 299 g/mol. The molecule has 1 saturated heterocycles. The van der Waals surface area contributed by atoms with Crippen LogP contribution in [0.25, 0.3) is 0 Å². The number of aliphatic imine (C=N–C) groups is 1. The first-order valence-corrected chi connectivity index (χ1v) is 8.10. The number of rotatable bonds is 10. The normalized spacial score (nSPS) is 22.5. The molecule has 6 heteroatoms. The lowest BCUT2D eigenvalue weighted by molar-refractivity contribution is 0.0420. The van der Waals surface area contributed by atoms with Gasteiger partial charge in [0.2, 0.25) is 0 Å². The van der Waals surface area contributed by atoms with Gasteiger partial charge < -0.3 is 24.8 Å². The van der Waals surface area contributed by atoms with Crippen molar-refractivity contribution < 1.29 is 14.2 Å². The maximum atomic E-state index is 5.71. The fourth-order valence-corrected chi connectivity index (χ4v) is 2.17. The van der Waals surface area contributed by atoms with Gasteiger partial charge in [-0.2, -0.15) is 0 Å². The maximum Gasteiger partial charge on any atom is 0.191 e. The standard InChI is InChI=1S/C15H29N3O3/c1-16-15(18-7-10-20-11-13-3-4-13)17-6-2-8-21-14-5-9-19-12-14/h13-14H,2-12H2,1H3,(H2,16,17,18). The summed E-state index contributed by atoms with van der Waals surface area (Å²) in [5.41, 5.74) is 0. The van der Waals surface area contributed by atoms with Crippen molar-refractivity contribution in [1.29, 1.82) is 0 Å². The first-order chi connectivity index (χ1) is 10.4. The van der Waals surface area contributed by atoms with E-state index >= 15 is 0 Å². The van der Waals surface area contributed by atoms with E-state index in [2.05, 4.69) is 15.6 Å². The van der Waals surface area contributed by atoms with Gasteiger partial charge in [-0.05, 0) is 31.6 Å². The second-order valence-electron chi connectivity index (χ2n) is 5.65. The fraction of sp³-hybridized carbons (Fsp3) is 0.933. The van der Waals surface area contributed by atoms with E-state index < -0.39 is 0 Å². The Hall–Kier alpha value is -0.850. The van der Waals surface area contributed by atoms with Crippen LogP contribution in [0.2, 0.25) is 0 Å². The van der Waals surface area contributed by atoms with Crippen molar-refractivity contribution in [3.8, 4) is 0 Å². The van der Waals surface area contributed by atoms with E-state index in [-0.39, 0.29) is 0 Å². The van der Waals surface area contributed by atoms with Crippen LogP contribution in [0, 0.1) is 5.92 Å². The molecule has 1 unspecified atom stereocenters. The van der Waals surface area contributed by atoms with Crippen LogP contribution in [-0.4, -0.2) is 65.2 Å². The van der Waals surface area contributed by atoms with Crippen LogP contribution in [0.15, 0.2) is 4.99 Å². The molecule has 0 spiro atoms. The molecule has 2 fully saturated rings. The first kappa shape index (κ1) is 16.5. The molecule has 0 aromatic rings. The second kappa shape index (κ2) is 9.97. The van der Waals surface area contributed by atoms with E-state index in [1.807, 2.05) is 0 Å². The predicted molar refractivity (Wildman–Crippen MR) is 82.7 cm³/mol. The van der Waals surface area contributed by atoms with Crippen molar-refractivity contribution in [1.82, 2.24) is 10.6 Å². The Labute approximate surface area is 127 Å². The van der Waals surface area contributed by atoms with Crippen molar-refractivity contribution in [3.63, 3.8) is 0 Å². The van der Waals surface area contributed by atoms with Gasteiger partial charge in [-0.1, -0.05) is 0 Å². The molecular weight excluding hydrogens is 270 g/mol. The van der Waals surface area contributed by atoms with Crippen molar-refractivity contribution in [2.75, 3.05) is 53.2 Å². The van der Waals surface area contributed by atoms with Gasteiger partial charge >= 0.3 is 0 Å². The van der Waals surface area contributed by atoms with E-state index in [1.54, 1.807) is 7.05 Å². The number of hydrogen-bond donors (Lipinski definition) is 2. The molecule has 1 heterocycles. The Morgan fingerprint density at radius 3 is 2.76 bits per heavy atom. The molecule has 1 aliphatic heterocycles. The largest absolute Gasteiger partial charge is 0.379 e. The van der Waals surface area contributed by atoms with E-state index in [0.717, 1.165) is 70.8 Å².